The minimum absolute atomic E-state index is 0.132. The normalized spacial score (nSPS) is 11.7. The maximum atomic E-state index is 13.1. The number of thioether (sulfide) groups is 2. The van der Waals surface area contributed by atoms with Crippen LogP contribution in [0, 0.1) is 5.82 Å². The van der Waals surface area contributed by atoms with Crippen LogP contribution in [-0.2, 0) is 9.59 Å². The van der Waals surface area contributed by atoms with Gasteiger partial charge in [-0.15, -0.1) is 13.2 Å². The lowest BCUT2D eigenvalue weighted by Gasteiger charge is -2.15. The highest BCUT2D eigenvalue weighted by Crippen LogP contribution is 2.37. The summed E-state index contributed by atoms with van der Waals surface area (Å²) in [4.78, 5) is 38.6. The number of allylic oxidation sites excluding steroid dienone is 3. The molecule has 0 saturated heterocycles. The number of benzene rings is 4. The van der Waals surface area contributed by atoms with Crippen LogP contribution in [0.5, 0.6) is 0 Å². The van der Waals surface area contributed by atoms with Gasteiger partial charge in [0.1, 0.15) is 5.82 Å². The van der Waals surface area contributed by atoms with E-state index in [4.69, 9.17) is 16.6 Å². The molecule has 0 atom stereocenters. The van der Waals surface area contributed by atoms with Crippen LogP contribution in [0.1, 0.15) is 137 Å². The minimum Gasteiger partial charge on any atom is -0.346 e. The summed E-state index contributed by atoms with van der Waals surface area (Å²) in [5.74, 6) is 0.0637. The fraction of sp³-hybridized carbons (Fsp3) is 0.368. The largest absolute Gasteiger partial charge is 0.346 e. The van der Waals surface area contributed by atoms with Crippen LogP contribution in [0.2, 0.25) is 5.02 Å². The molecule has 2 heterocycles. The number of unbranched alkanes of at least 4 members (excludes halogenated alkanes) is 1. The van der Waals surface area contributed by atoms with Crippen molar-refractivity contribution in [1.29, 1.82) is 0 Å². The van der Waals surface area contributed by atoms with Gasteiger partial charge in [0.25, 0.3) is 0 Å². The number of hydrogen-bond acceptors (Lipinski definition) is 6. The van der Waals surface area contributed by atoms with E-state index in [1.807, 2.05) is 84.3 Å². The number of halogens is 2. The highest BCUT2D eigenvalue weighted by molar-refractivity contribution is 8.03. The molecule has 0 saturated carbocycles. The minimum atomic E-state index is -0.229. The number of rotatable bonds is 11. The Morgan fingerprint density at radius 2 is 1.22 bits per heavy atom. The third kappa shape index (κ3) is 23.1. The average Bonchev–Trinajstić information content (AvgIpc) is 3.61. The Kier molecular flexibility index (Phi) is 34.3. The van der Waals surface area contributed by atoms with Crippen LogP contribution in [-0.4, -0.2) is 60.2 Å². The molecule has 0 aliphatic carbocycles. The van der Waals surface area contributed by atoms with E-state index in [0.29, 0.717) is 12.8 Å². The first-order valence-electron chi connectivity index (χ1n) is 23.6. The highest BCUT2D eigenvalue weighted by atomic mass is 35.5. The molecule has 0 fully saturated rings. The Hall–Kier alpha value is -4.96. The number of nitrogens with zero attached hydrogens (tertiary/aromatic N) is 4. The van der Waals surface area contributed by atoms with Crippen molar-refractivity contribution in [2.24, 2.45) is 9.98 Å². The Bertz CT molecular complexity index is 2220. The van der Waals surface area contributed by atoms with Gasteiger partial charge in [-0.25, -0.2) is 4.39 Å². The second-order valence-corrected chi connectivity index (χ2v) is 17.1. The maximum absolute atomic E-state index is 13.1. The number of carbonyl (C=O) groups is 2. The number of hydrogen-bond donors (Lipinski definition) is 0. The van der Waals surface area contributed by atoms with Gasteiger partial charge in [-0.2, -0.15) is 0 Å². The predicted octanol–water partition coefficient (Wildman–Crippen LogP) is 16.9. The summed E-state index contributed by atoms with van der Waals surface area (Å²) in [6.07, 6.45) is 8.56. The van der Waals surface area contributed by atoms with Crippen molar-refractivity contribution in [2.75, 3.05) is 27.2 Å². The average molecular weight is 970 g/mol. The van der Waals surface area contributed by atoms with E-state index in [-0.39, 0.29) is 17.6 Å². The van der Waals surface area contributed by atoms with Crippen molar-refractivity contribution in [3.8, 4) is 0 Å². The summed E-state index contributed by atoms with van der Waals surface area (Å²) in [6.45, 7) is 31.2. The lowest BCUT2D eigenvalue weighted by Crippen LogP contribution is -2.26. The van der Waals surface area contributed by atoms with Gasteiger partial charge in [0.05, 0.1) is 17.1 Å². The van der Waals surface area contributed by atoms with Crippen molar-refractivity contribution < 1.29 is 14.0 Å². The molecule has 6 rings (SSSR count). The first kappa shape index (κ1) is 62.0. The lowest BCUT2D eigenvalue weighted by atomic mass is 10.0. The molecule has 0 spiro atoms. The molecule has 10 heteroatoms. The fourth-order valence-corrected chi connectivity index (χ4v) is 7.74. The standard InChI is InChI=1S/C18H16ClNS.C16H12FNS.C9H17NO.C7H13NO.C3H8.2C2H6/c1-3-16-12(2)21-17-10-5-4-9-15(17)18(20-16)13-7-6-8-14(19)11-13;1-11-10-19-15-5-3-2-4-14(15)16(18-11)12-6-8-13(17)9-7-12;1-4-6-8-10(3)9(11)7-5-2;1-4-6-7(9)8(3)5-2;1-3-2;2*1-2/h4-11H,3H2,1-2H3;2-10H,1H3;5H,2,4,6-8H2,1,3H3;4H,1,5-6H2,2-3H3;3H2,1-2H3;2*1-2H3. The van der Waals surface area contributed by atoms with Crippen molar-refractivity contribution in [1.82, 2.24) is 9.80 Å². The summed E-state index contributed by atoms with van der Waals surface area (Å²) in [5.41, 5.74) is 8.27. The summed E-state index contributed by atoms with van der Waals surface area (Å²) in [5, 5.41) is 2.78. The van der Waals surface area contributed by atoms with Crippen LogP contribution in [0.15, 0.2) is 164 Å². The lowest BCUT2D eigenvalue weighted by molar-refractivity contribution is -0.129. The number of fused-ring (bicyclic) bond motifs is 2. The van der Waals surface area contributed by atoms with Gasteiger partial charge in [0.2, 0.25) is 11.8 Å². The van der Waals surface area contributed by atoms with E-state index in [2.05, 4.69) is 95.2 Å². The third-order valence-corrected chi connectivity index (χ3v) is 11.6. The number of amides is 2. The second kappa shape index (κ2) is 37.1. The van der Waals surface area contributed by atoms with Gasteiger partial charge in [-0.3, -0.25) is 19.6 Å². The van der Waals surface area contributed by atoms with Crippen molar-refractivity contribution in [3.05, 3.63) is 177 Å². The predicted molar refractivity (Wildman–Crippen MR) is 295 cm³/mol. The molecule has 0 aromatic heterocycles. The SMILES string of the molecule is C=CCC(=O)N(C)CC.C=CCC(=O)N(C)CCCC.CC.CC.CC1=CSc2ccccc2C(c2ccc(F)cc2)=N1.CCC.CCC1=C(C)Sc2ccccc2C(c2cccc(Cl)c2)=N1. The zero-order valence-electron chi connectivity index (χ0n) is 42.7. The smallest absolute Gasteiger partial charge is 0.226 e. The molecule has 0 bridgehead atoms. The second-order valence-electron chi connectivity index (χ2n) is 14.5. The van der Waals surface area contributed by atoms with Gasteiger partial charge < -0.3 is 9.80 Å². The van der Waals surface area contributed by atoms with Gasteiger partial charge in [-0.1, -0.05) is 164 Å². The van der Waals surface area contributed by atoms with Crippen molar-refractivity contribution >= 4 is 58.4 Å². The molecule has 4 aromatic rings. The first-order chi connectivity index (χ1) is 32.3. The van der Waals surface area contributed by atoms with Crippen molar-refractivity contribution in [2.45, 2.75) is 124 Å². The molecule has 2 amide bonds. The molecule has 2 aliphatic rings. The van der Waals surface area contributed by atoms with E-state index in [0.717, 1.165) is 76.9 Å². The Balaban J connectivity index is 0.000000869. The van der Waals surface area contributed by atoms with E-state index in [1.165, 1.54) is 38.8 Å². The van der Waals surface area contributed by atoms with Crippen LogP contribution < -0.4 is 0 Å². The molecule has 67 heavy (non-hydrogen) atoms. The van der Waals surface area contributed by atoms with Gasteiger partial charge in [0, 0.05) is 87.7 Å². The highest BCUT2D eigenvalue weighted by Gasteiger charge is 2.18. The van der Waals surface area contributed by atoms with E-state index >= 15 is 0 Å². The first-order valence-corrected chi connectivity index (χ1v) is 25.6. The molecule has 6 nitrogen and oxygen atoms in total. The third-order valence-electron chi connectivity index (χ3n) is 9.21. The van der Waals surface area contributed by atoms with E-state index in [9.17, 15) is 14.0 Å². The Morgan fingerprint density at radius 1 is 0.701 bits per heavy atom. The maximum Gasteiger partial charge on any atom is 0.226 e. The monoisotopic (exact) mass is 969 g/mol. The van der Waals surface area contributed by atoms with Crippen LogP contribution in [0.4, 0.5) is 4.39 Å². The van der Waals surface area contributed by atoms with Gasteiger partial charge in [-0.05, 0) is 87.6 Å². The Morgan fingerprint density at radius 3 is 1.75 bits per heavy atom. The Labute approximate surface area is 418 Å². The zero-order chi connectivity index (χ0) is 50.7. The van der Waals surface area contributed by atoms with E-state index < -0.39 is 0 Å². The zero-order valence-corrected chi connectivity index (χ0v) is 45.1. The van der Waals surface area contributed by atoms with Gasteiger partial charge >= 0.3 is 0 Å². The van der Waals surface area contributed by atoms with Gasteiger partial charge in [0.15, 0.2) is 0 Å². The molecule has 4 aromatic carbocycles. The van der Waals surface area contributed by atoms with Crippen LogP contribution >= 0.6 is 35.1 Å². The number of aliphatic imine (C=N–C) groups is 2. The summed E-state index contributed by atoms with van der Waals surface area (Å²) in [7, 11) is 3.62. The molecule has 0 radical (unpaired) electrons. The van der Waals surface area contributed by atoms with Crippen LogP contribution in [0.25, 0.3) is 0 Å². The van der Waals surface area contributed by atoms with E-state index in [1.54, 1.807) is 64.7 Å². The summed E-state index contributed by atoms with van der Waals surface area (Å²) < 4.78 is 13.1. The van der Waals surface area contributed by atoms with Crippen molar-refractivity contribution in [3.63, 3.8) is 0 Å². The topological polar surface area (TPSA) is 65.3 Å². The number of carbonyl (C=O) groups excluding carboxylic acids is 2. The summed E-state index contributed by atoms with van der Waals surface area (Å²) in [6, 6.07) is 31.0. The molecular weight excluding hydrogens is 891 g/mol. The molecular formula is C57H78ClFN4O2S2. The molecule has 0 N–H and O–H groups in total. The molecule has 364 valence electrons. The quantitative estimate of drug-likeness (QED) is 0.141. The fourth-order valence-electron chi connectivity index (χ4n) is 5.69. The molecule has 2 aliphatic heterocycles. The summed E-state index contributed by atoms with van der Waals surface area (Å²) >= 11 is 9.63. The molecule has 0 unspecified atom stereocenters. The van der Waals surface area contributed by atoms with Crippen LogP contribution in [0.3, 0.4) is 0 Å².